The number of amides is 1. The zero-order valence-electron chi connectivity index (χ0n) is 14.9. The second-order valence-corrected chi connectivity index (χ2v) is 7.14. The molecule has 0 aromatic heterocycles. The van der Waals surface area contributed by atoms with Crippen molar-refractivity contribution in [3.05, 3.63) is 47.5 Å². The van der Waals surface area contributed by atoms with E-state index < -0.39 is 17.3 Å². The molecule has 134 valence electrons. The van der Waals surface area contributed by atoms with E-state index in [1.165, 1.54) is 7.11 Å². The lowest BCUT2D eigenvalue weighted by Gasteiger charge is -2.43. The minimum absolute atomic E-state index is 0.0366. The lowest BCUT2D eigenvalue weighted by atomic mass is 9.57. The van der Waals surface area contributed by atoms with Crippen molar-refractivity contribution in [1.82, 2.24) is 5.32 Å². The van der Waals surface area contributed by atoms with Gasteiger partial charge in [0, 0.05) is 17.9 Å². The van der Waals surface area contributed by atoms with Gasteiger partial charge in [-0.2, -0.15) is 0 Å². The summed E-state index contributed by atoms with van der Waals surface area (Å²) in [6.45, 7) is 3.78. The van der Waals surface area contributed by atoms with Crippen LogP contribution in [0.3, 0.4) is 0 Å². The molecule has 1 aromatic rings. The molecule has 5 heteroatoms. The van der Waals surface area contributed by atoms with E-state index in [0.29, 0.717) is 6.42 Å². The third kappa shape index (κ3) is 2.58. The zero-order valence-corrected chi connectivity index (χ0v) is 14.9. The molecule has 0 saturated carbocycles. The Balaban J connectivity index is 2.07. The summed E-state index contributed by atoms with van der Waals surface area (Å²) in [6, 6.07) is 9.74. The van der Waals surface area contributed by atoms with Gasteiger partial charge in [0.15, 0.2) is 5.41 Å². The molecule has 1 aromatic carbocycles. The van der Waals surface area contributed by atoms with Gasteiger partial charge in [-0.1, -0.05) is 48.9 Å². The summed E-state index contributed by atoms with van der Waals surface area (Å²) in [5.41, 5.74) is 0.841. The highest BCUT2D eigenvalue weighted by Crippen LogP contribution is 2.53. The predicted octanol–water partition coefficient (Wildman–Crippen LogP) is 1.71. The topological polar surface area (TPSA) is 75.6 Å². The van der Waals surface area contributed by atoms with E-state index in [2.05, 4.69) is 5.32 Å². The van der Waals surface area contributed by atoms with Gasteiger partial charge in [0.25, 0.3) is 0 Å². The van der Waals surface area contributed by atoms with Gasteiger partial charge < -0.3 is 15.2 Å². The van der Waals surface area contributed by atoms with Gasteiger partial charge in [-0.3, -0.25) is 9.59 Å². The number of fused-ring (bicyclic) bond motifs is 1. The molecular weight excluding hydrogens is 318 g/mol. The number of rotatable bonds is 4. The van der Waals surface area contributed by atoms with Gasteiger partial charge in [-0.25, -0.2) is 0 Å². The summed E-state index contributed by atoms with van der Waals surface area (Å²) in [7, 11) is 1.30. The Morgan fingerprint density at radius 3 is 2.60 bits per heavy atom. The molecule has 2 aliphatic rings. The van der Waals surface area contributed by atoms with Crippen molar-refractivity contribution in [2.24, 2.45) is 23.2 Å². The summed E-state index contributed by atoms with van der Waals surface area (Å²) < 4.78 is 5.04. The fourth-order valence-corrected chi connectivity index (χ4v) is 4.68. The third-order valence-corrected chi connectivity index (χ3v) is 5.98. The van der Waals surface area contributed by atoms with E-state index in [1.807, 2.05) is 50.3 Å². The average Bonchev–Trinajstić information content (AvgIpc) is 2.91. The Kier molecular flexibility index (Phi) is 4.69. The summed E-state index contributed by atoms with van der Waals surface area (Å²) in [5.74, 6) is -1.67. The van der Waals surface area contributed by atoms with Gasteiger partial charge in [0.05, 0.1) is 13.7 Å². The normalized spacial score (nSPS) is 34.1. The highest BCUT2D eigenvalue weighted by Gasteiger charge is 2.67. The quantitative estimate of drug-likeness (QED) is 0.496. The Hall–Kier alpha value is -2.14. The molecule has 1 amide bonds. The largest absolute Gasteiger partial charge is 0.468 e. The summed E-state index contributed by atoms with van der Waals surface area (Å²) in [6.07, 6.45) is 2.51. The molecule has 1 fully saturated rings. The Morgan fingerprint density at radius 2 is 2.00 bits per heavy atom. The highest BCUT2D eigenvalue weighted by atomic mass is 16.5. The van der Waals surface area contributed by atoms with Gasteiger partial charge in [0.2, 0.25) is 5.91 Å². The summed E-state index contributed by atoms with van der Waals surface area (Å²) >= 11 is 0. The van der Waals surface area contributed by atoms with Crippen LogP contribution in [0.5, 0.6) is 0 Å². The third-order valence-electron chi connectivity index (χ3n) is 5.98. The number of aliphatic hydroxyl groups excluding tert-OH is 1. The fraction of sp³-hybridized carbons (Fsp3) is 0.500. The monoisotopic (exact) mass is 343 g/mol. The molecule has 1 heterocycles. The number of allylic oxidation sites excluding steroid dienone is 1. The van der Waals surface area contributed by atoms with Crippen molar-refractivity contribution in [1.29, 1.82) is 0 Å². The maximum absolute atomic E-state index is 13.0. The van der Waals surface area contributed by atoms with E-state index in [0.717, 1.165) is 11.1 Å². The Bertz CT molecular complexity index is 699. The van der Waals surface area contributed by atoms with Gasteiger partial charge in [0.1, 0.15) is 0 Å². The SMILES string of the molecule is COC(=O)[C@]12C(=O)N[C@@H](Cc3ccccc3)[C@H]1[C@H](C)C(C)=C[C@H]2CO. The molecule has 0 spiro atoms. The summed E-state index contributed by atoms with van der Waals surface area (Å²) in [5, 5.41) is 12.9. The molecular formula is C20H25NO4. The van der Waals surface area contributed by atoms with Crippen LogP contribution in [0.1, 0.15) is 19.4 Å². The zero-order chi connectivity index (χ0) is 18.2. The Labute approximate surface area is 148 Å². The minimum atomic E-state index is -1.36. The molecule has 5 nitrogen and oxygen atoms in total. The maximum atomic E-state index is 13.0. The molecule has 0 bridgehead atoms. The number of hydrogen-bond acceptors (Lipinski definition) is 4. The first kappa shape index (κ1) is 17.7. The van der Waals surface area contributed by atoms with E-state index in [1.54, 1.807) is 0 Å². The van der Waals surface area contributed by atoms with Crippen molar-refractivity contribution in [3.8, 4) is 0 Å². The first-order valence-electron chi connectivity index (χ1n) is 8.69. The van der Waals surface area contributed by atoms with Gasteiger partial charge in [-0.15, -0.1) is 0 Å². The van der Waals surface area contributed by atoms with Crippen molar-refractivity contribution in [3.63, 3.8) is 0 Å². The standard InChI is InChI=1S/C20H25NO4/c1-12-9-15(11-22)20(19(24)25-3)17(13(12)2)16(21-18(20)23)10-14-7-5-4-6-8-14/h4-9,13,15-17,22H,10-11H2,1-3H3,(H,21,23)/t13-,15+,16+,17-,20+/m1/s1. The molecule has 1 aliphatic carbocycles. The lowest BCUT2D eigenvalue weighted by Crippen LogP contribution is -2.54. The number of ether oxygens (including phenoxy) is 1. The summed E-state index contributed by atoms with van der Waals surface area (Å²) in [4.78, 5) is 25.8. The van der Waals surface area contributed by atoms with Crippen LogP contribution in [0.25, 0.3) is 0 Å². The van der Waals surface area contributed by atoms with Crippen LogP contribution in [-0.4, -0.2) is 36.7 Å². The second kappa shape index (κ2) is 6.64. The maximum Gasteiger partial charge on any atom is 0.322 e. The molecule has 2 N–H and O–H groups in total. The van der Waals surface area contributed by atoms with Crippen LogP contribution in [0, 0.1) is 23.2 Å². The van der Waals surface area contributed by atoms with Crippen molar-refractivity contribution in [2.45, 2.75) is 26.3 Å². The minimum Gasteiger partial charge on any atom is -0.468 e. The predicted molar refractivity (Wildman–Crippen MR) is 93.5 cm³/mol. The van der Waals surface area contributed by atoms with E-state index in [9.17, 15) is 14.7 Å². The van der Waals surface area contributed by atoms with Crippen LogP contribution in [-0.2, 0) is 20.7 Å². The van der Waals surface area contributed by atoms with Crippen molar-refractivity contribution in [2.75, 3.05) is 13.7 Å². The van der Waals surface area contributed by atoms with Crippen LogP contribution in [0.4, 0.5) is 0 Å². The van der Waals surface area contributed by atoms with E-state index in [4.69, 9.17) is 4.74 Å². The van der Waals surface area contributed by atoms with Crippen LogP contribution in [0.2, 0.25) is 0 Å². The molecule has 0 radical (unpaired) electrons. The van der Waals surface area contributed by atoms with Crippen LogP contribution < -0.4 is 5.32 Å². The number of hydrogen-bond donors (Lipinski definition) is 2. The second-order valence-electron chi connectivity index (χ2n) is 7.14. The molecule has 25 heavy (non-hydrogen) atoms. The average molecular weight is 343 g/mol. The smallest absolute Gasteiger partial charge is 0.322 e. The number of carbonyl (C=O) groups excluding carboxylic acids is 2. The van der Waals surface area contributed by atoms with Gasteiger partial charge in [-0.05, 0) is 24.8 Å². The van der Waals surface area contributed by atoms with Crippen molar-refractivity contribution >= 4 is 11.9 Å². The number of esters is 1. The van der Waals surface area contributed by atoms with Gasteiger partial charge >= 0.3 is 5.97 Å². The number of nitrogens with one attached hydrogen (secondary N) is 1. The molecule has 5 atom stereocenters. The highest BCUT2D eigenvalue weighted by molar-refractivity contribution is 6.06. The molecule has 0 unspecified atom stereocenters. The van der Waals surface area contributed by atoms with Crippen LogP contribution in [0.15, 0.2) is 42.0 Å². The molecule has 1 saturated heterocycles. The molecule has 1 aliphatic heterocycles. The number of benzene rings is 1. The Morgan fingerprint density at radius 1 is 1.32 bits per heavy atom. The number of carbonyl (C=O) groups is 2. The fourth-order valence-electron chi connectivity index (χ4n) is 4.68. The van der Waals surface area contributed by atoms with Crippen molar-refractivity contribution < 1.29 is 19.4 Å². The number of aliphatic hydroxyl groups is 1. The number of methoxy groups -OCH3 is 1. The lowest BCUT2D eigenvalue weighted by molar-refractivity contribution is -0.166. The molecule has 3 rings (SSSR count). The first-order chi connectivity index (χ1) is 12.0. The van der Waals surface area contributed by atoms with E-state index in [-0.39, 0.29) is 30.4 Å². The van der Waals surface area contributed by atoms with Crippen LogP contribution >= 0.6 is 0 Å². The first-order valence-corrected chi connectivity index (χ1v) is 8.69. The van der Waals surface area contributed by atoms with E-state index >= 15 is 0 Å².